The highest BCUT2D eigenvalue weighted by molar-refractivity contribution is 4.74. The number of nitriles is 1. The van der Waals surface area contributed by atoms with Gasteiger partial charge in [0.05, 0.1) is 18.8 Å². The monoisotopic (exact) mass is 183 g/mol. The third kappa shape index (κ3) is 3.73. The summed E-state index contributed by atoms with van der Waals surface area (Å²) in [6, 6.07) is 2.15. The normalized spacial score (nSPS) is 24.2. The number of nitrogens with two attached hydrogens (primary N) is 1. The van der Waals surface area contributed by atoms with Crippen LogP contribution in [0.5, 0.6) is 0 Å². The zero-order valence-electron chi connectivity index (χ0n) is 7.91. The van der Waals surface area contributed by atoms with E-state index in [0.29, 0.717) is 13.0 Å². The Kier molecular flexibility index (Phi) is 4.76. The fourth-order valence-electron chi connectivity index (χ4n) is 1.51. The second-order valence-electron chi connectivity index (χ2n) is 3.29. The lowest BCUT2D eigenvalue weighted by Gasteiger charge is -2.32. The summed E-state index contributed by atoms with van der Waals surface area (Å²) in [7, 11) is 0. The molecule has 1 atom stereocenters. The molecule has 1 fully saturated rings. The van der Waals surface area contributed by atoms with Crippen LogP contribution in [0.2, 0.25) is 0 Å². The van der Waals surface area contributed by atoms with Crippen LogP contribution in [0.4, 0.5) is 0 Å². The molecule has 2 N–H and O–H groups in total. The fraction of sp³-hybridized carbons (Fsp3) is 0.889. The molecule has 0 saturated carbocycles. The van der Waals surface area contributed by atoms with Gasteiger partial charge in [-0.15, -0.1) is 0 Å². The van der Waals surface area contributed by atoms with Crippen LogP contribution in [0, 0.1) is 11.3 Å². The van der Waals surface area contributed by atoms with Crippen molar-refractivity contribution < 1.29 is 4.74 Å². The second-order valence-corrected chi connectivity index (χ2v) is 3.29. The number of nitrogens with zero attached hydrogens (tertiary/aromatic N) is 2. The van der Waals surface area contributed by atoms with Gasteiger partial charge in [0.25, 0.3) is 0 Å². The molecule has 4 nitrogen and oxygen atoms in total. The van der Waals surface area contributed by atoms with Crippen molar-refractivity contribution in [2.45, 2.75) is 18.9 Å². The van der Waals surface area contributed by atoms with E-state index in [1.807, 2.05) is 0 Å². The van der Waals surface area contributed by atoms with Crippen molar-refractivity contribution in [1.29, 1.82) is 5.26 Å². The molecule has 1 saturated heterocycles. The first-order valence-corrected chi connectivity index (χ1v) is 4.77. The Morgan fingerprint density at radius 1 is 1.62 bits per heavy atom. The van der Waals surface area contributed by atoms with Gasteiger partial charge < -0.3 is 10.5 Å². The van der Waals surface area contributed by atoms with E-state index < -0.39 is 0 Å². The molecular weight excluding hydrogens is 166 g/mol. The third-order valence-electron chi connectivity index (χ3n) is 2.25. The molecular formula is C9H17N3O. The van der Waals surface area contributed by atoms with Crippen LogP contribution in [-0.2, 0) is 4.74 Å². The Morgan fingerprint density at radius 3 is 3.15 bits per heavy atom. The smallest absolute Gasteiger partial charge is 0.0824 e. The molecule has 1 unspecified atom stereocenters. The maximum atomic E-state index is 8.38. The van der Waals surface area contributed by atoms with Gasteiger partial charge in [0.1, 0.15) is 0 Å². The Bertz CT molecular complexity index is 178. The van der Waals surface area contributed by atoms with E-state index in [2.05, 4.69) is 11.0 Å². The highest BCUT2D eigenvalue weighted by atomic mass is 16.5. The fourth-order valence-corrected chi connectivity index (χ4v) is 1.51. The van der Waals surface area contributed by atoms with Crippen LogP contribution in [-0.4, -0.2) is 43.8 Å². The standard InChI is InChI=1S/C9H17N3O/c10-3-1-2-4-12-5-6-13-9(7-11)8-12/h9H,1-2,4-8,11H2. The summed E-state index contributed by atoms with van der Waals surface area (Å²) in [6.45, 7) is 4.25. The molecule has 13 heavy (non-hydrogen) atoms. The number of rotatable bonds is 4. The van der Waals surface area contributed by atoms with Crippen LogP contribution in [0.1, 0.15) is 12.8 Å². The number of hydrogen-bond acceptors (Lipinski definition) is 4. The van der Waals surface area contributed by atoms with Crippen LogP contribution >= 0.6 is 0 Å². The van der Waals surface area contributed by atoms with Crippen LogP contribution < -0.4 is 5.73 Å². The van der Waals surface area contributed by atoms with E-state index >= 15 is 0 Å². The van der Waals surface area contributed by atoms with Crippen molar-refractivity contribution in [1.82, 2.24) is 4.90 Å². The Labute approximate surface area is 79.3 Å². The average molecular weight is 183 g/mol. The molecule has 1 heterocycles. The highest BCUT2D eigenvalue weighted by Crippen LogP contribution is 2.04. The second kappa shape index (κ2) is 5.92. The SMILES string of the molecule is N#CCCCN1CCOC(CN)C1. The van der Waals surface area contributed by atoms with Crippen molar-refractivity contribution >= 4 is 0 Å². The average Bonchev–Trinajstić information content (AvgIpc) is 2.19. The summed E-state index contributed by atoms with van der Waals surface area (Å²) < 4.78 is 5.43. The first-order chi connectivity index (χ1) is 6.36. The first kappa shape index (κ1) is 10.5. The number of hydrogen-bond donors (Lipinski definition) is 1. The van der Waals surface area contributed by atoms with Gasteiger partial charge in [-0.2, -0.15) is 5.26 Å². The molecule has 0 aliphatic carbocycles. The van der Waals surface area contributed by atoms with E-state index in [9.17, 15) is 0 Å². The number of morpholine rings is 1. The summed E-state index contributed by atoms with van der Waals surface area (Å²) in [4.78, 5) is 2.32. The molecule has 0 aromatic rings. The lowest BCUT2D eigenvalue weighted by Crippen LogP contribution is -2.45. The molecule has 1 aliphatic rings. The van der Waals surface area contributed by atoms with Crippen molar-refractivity contribution in [3.05, 3.63) is 0 Å². The summed E-state index contributed by atoms with van der Waals surface area (Å²) in [5.74, 6) is 0. The van der Waals surface area contributed by atoms with Gasteiger partial charge in [-0.25, -0.2) is 0 Å². The van der Waals surface area contributed by atoms with E-state index in [1.165, 1.54) is 0 Å². The molecule has 1 aliphatic heterocycles. The van der Waals surface area contributed by atoms with Crippen molar-refractivity contribution in [2.75, 3.05) is 32.8 Å². The van der Waals surface area contributed by atoms with Crippen molar-refractivity contribution in [3.63, 3.8) is 0 Å². The zero-order chi connectivity index (χ0) is 9.52. The molecule has 4 heteroatoms. The largest absolute Gasteiger partial charge is 0.374 e. The van der Waals surface area contributed by atoms with E-state index in [-0.39, 0.29) is 6.10 Å². The van der Waals surface area contributed by atoms with Gasteiger partial charge in [0.2, 0.25) is 0 Å². The molecule has 74 valence electrons. The Hall–Kier alpha value is -0.630. The summed E-state index contributed by atoms with van der Waals surface area (Å²) in [6.07, 6.45) is 1.79. The summed E-state index contributed by atoms with van der Waals surface area (Å²) in [5.41, 5.74) is 5.52. The molecule has 0 aromatic heterocycles. The van der Waals surface area contributed by atoms with E-state index in [1.54, 1.807) is 0 Å². The van der Waals surface area contributed by atoms with Crippen molar-refractivity contribution in [2.24, 2.45) is 5.73 Å². The van der Waals surface area contributed by atoms with Crippen molar-refractivity contribution in [3.8, 4) is 6.07 Å². The third-order valence-corrected chi connectivity index (χ3v) is 2.25. The lowest BCUT2D eigenvalue weighted by atomic mass is 10.2. The first-order valence-electron chi connectivity index (χ1n) is 4.77. The van der Waals surface area contributed by atoms with Gasteiger partial charge in [0, 0.05) is 26.1 Å². The molecule has 1 rings (SSSR count). The molecule has 0 spiro atoms. The zero-order valence-corrected chi connectivity index (χ0v) is 7.91. The minimum absolute atomic E-state index is 0.191. The minimum atomic E-state index is 0.191. The summed E-state index contributed by atoms with van der Waals surface area (Å²) >= 11 is 0. The topological polar surface area (TPSA) is 62.3 Å². The maximum Gasteiger partial charge on any atom is 0.0824 e. The quantitative estimate of drug-likeness (QED) is 0.621. The Balaban J connectivity index is 2.15. The lowest BCUT2D eigenvalue weighted by molar-refractivity contribution is -0.0232. The predicted molar refractivity (Wildman–Crippen MR) is 50.1 cm³/mol. The van der Waals surface area contributed by atoms with Crippen LogP contribution in [0.3, 0.4) is 0 Å². The van der Waals surface area contributed by atoms with Gasteiger partial charge >= 0.3 is 0 Å². The number of unbranched alkanes of at least 4 members (excludes halogenated alkanes) is 1. The minimum Gasteiger partial charge on any atom is -0.374 e. The maximum absolute atomic E-state index is 8.38. The summed E-state index contributed by atoms with van der Waals surface area (Å²) in [5, 5.41) is 8.38. The van der Waals surface area contributed by atoms with Gasteiger partial charge in [-0.1, -0.05) is 0 Å². The molecule has 0 radical (unpaired) electrons. The highest BCUT2D eigenvalue weighted by Gasteiger charge is 2.18. The van der Waals surface area contributed by atoms with Gasteiger partial charge in [-0.3, -0.25) is 4.90 Å². The molecule has 0 aromatic carbocycles. The Morgan fingerprint density at radius 2 is 2.46 bits per heavy atom. The van der Waals surface area contributed by atoms with Gasteiger partial charge in [0.15, 0.2) is 0 Å². The van der Waals surface area contributed by atoms with Crippen LogP contribution in [0.25, 0.3) is 0 Å². The molecule has 0 amide bonds. The van der Waals surface area contributed by atoms with E-state index in [0.717, 1.165) is 32.7 Å². The van der Waals surface area contributed by atoms with Gasteiger partial charge in [-0.05, 0) is 13.0 Å². The predicted octanol–water partition coefficient (Wildman–Crippen LogP) is -0.0503. The van der Waals surface area contributed by atoms with Crippen LogP contribution in [0.15, 0.2) is 0 Å². The number of ether oxygens (including phenoxy) is 1. The molecule has 0 bridgehead atoms. The van der Waals surface area contributed by atoms with E-state index in [4.69, 9.17) is 15.7 Å².